The third kappa shape index (κ3) is 5.53. The Labute approximate surface area is 138 Å². The molecule has 1 aliphatic rings. The number of hydrogen-bond donors (Lipinski definition) is 2. The SMILES string of the molecule is Cc1cc(C)cc(NC(N)=NCCC2=CCCC2)c1.I. The lowest BCUT2D eigenvalue weighted by molar-refractivity contribution is 0.850. The van der Waals surface area contributed by atoms with E-state index in [2.05, 4.69) is 48.4 Å². The van der Waals surface area contributed by atoms with E-state index < -0.39 is 0 Å². The van der Waals surface area contributed by atoms with Crippen LogP contribution >= 0.6 is 24.0 Å². The largest absolute Gasteiger partial charge is 0.370 e. The van der Waals surface area contributed by atoms with Gasteiger partial charge in [-0.1, -0.05) is 17.7 Å². The van der Waals surface area contributed by atoms with Gasteiger partial charge in [0.05, 0.1) is 0 Å². The lowest BCUT2D eigenvalue weighted by atomic mass is 10.1. The van der Waals surface area contributed by atoms with Crippen molar-refractivity contribution >= 4 is 35.6 Å². The van der Waals surface area contributed by atoms with Gasteiger partial charge in [0.25, 0.3) is 0 Å². The Morgan fingerprint density at radius 3 is 2.55 bits per heavy atom. The molecule has 0 atom stereocenters. The number of nitrogens with two attached hydrogens (primary N) is 1. The lowest BCUT2D eigenvalue weighted by Gasteiger charge is -2.08. The molecule has 0 amide bonds. The summed E-state index contributed by atoms with van der Waals surface area (Å²) in [5, 5.41) is 3.16. The van der Waals surface area contributed by atoms with Gasteiger partial charge < -0.3 is 11.1 Å². The Bertz CT molecular complexity index is 486. The summed E-state index contributed by atoms with van der Waals surface area (Å²) in [5.74, 6) is 0.503. The minimum Gasteiger partial charge on any atom is -0.370 e. The molecule has 1 aromatic rings. The van der Waals surface area contributed by atoms with E-state index in [0.29, 0.717) is 5.96 Å². The summed E-state index contributed by atoms with van der Waals surface area (Å²) in [6.45, 7) is 4.94. The molecule has 4 heteroatoms. The Kier molecular flexibility index (Phi) is 7.05. The molecule has 1 aromatic carbocycles. The Balaban J connectivity index is 0.00000200. The van der Waals surface area contributed by atoms with Crippen molar-refractivity contribution in [2.24, 2.45) is 10.7 Å². The molecule has 3 N–H and O–H groups in total. The second kappa shape index (κ2) is 8.29. The van der Waals surface area contributed by atoms with Crippen molar-refractivity contribution in [2.45, 2.75) is 39.5 Å². The number of aliphatic imine (C=N–C) groups is 1. The number of nitrogens with zero attached hydrogens (tertiary/aromatic N) is 1. The zero-order valence-electron chi connectivity index (χ0n) is 12.3. The van der Waals surface area contributed by atoms with Crippen LogP contribution in [0.1, 0.15) is 36.8 Å². The van der Waals surface area contributed by atoms with Crippen LogP contribution in [-0.4, -0.2) is 12.5 Å². The number of allylic oxidation sites excluding steroid dienone is 1. The van der Waals surface area contributed by atoms with E-state index in [4.69, 9.17) is 5.73 Å². The quantitative estimate of drug-likeness (QED) is 0.354. The first-order valence-electron chi connectivity index (χ1n) is 6.96. The van der Waals surface area contributed by atoms with E-state index in [9.17, 15) is 0 Å². The van der Waals surface area contributed by atoms with Gasteiger partial charge in [-0.3, -0.25) is 4.99 Å². The van der Waals surface area contributed by atoms with Crippen LogP contribution in [-0.2, 0) is 0 Å². The maximum Gasteiger partial charge on any atom is 0.193 e. The molecule has 0 aliphatic heterocycles. The number of aryl methyl sites for hydroxylation is 2. The highest BCUT2D eigenvalue weighted by Crippen LogP contribution is 2.20. The maximum atomic E-state index is 5.91. The Morgan fingerprint density at radius 2 is 1.95 bits per heavy atom. The van der Waals surface area contributed by atoms with Crippen molar-refractivity contribution in [1.29, 1.82) is 0 Å². The Morgan fingerprint density at radius 1 is 1.25 bits per heavy atom. The predicted octanol–water partition coefficient (Wildman–Crippen LogP) is 4.15. The minimum atomic E-state index is 0. The average Bonchev–Trinajstić information content (AvgIpc) is 2.80. The number of anilines is 1. The second-order valence-corrected chi connectivity index (χ2v) is 5.27. The molecule has 0 aromatic heterocycles. The van der Waals surface area contributed by atoms with E-state index in [0.717, 1.165) is 18.7 Å². The van der Waals surface area contributed by atoms with Crippen LogP contribution in [0.25, 0.3) is 0 Å². The van der Waals surface area contributed by atoms with Crippen LogP contribution in [0.5, 0.6) is 0 Å². The van der Waals surface area contributed by atoms with Crippen LogP contribution < -0.4 is 11.1 Å². The first kappa shape index (κ1) is 17.0. The van der Waals surface area contributed by atoms with Crippen LogP contribution in [0.4, 0.5) is 5.69 Å². The number of rotatable bonds is 4. The molecule has 0 radical (unpaired) electrons. The van der Waals surface area contributed by atoms with Gasteiger partial charge in [0.2, 0.25) is 0 Å². The monoisotopic (exact) mass is 385 g/mol. The highest BCUT2D eigenvalue weighted by molar-refractivity contribution is 14.0. The second-order valence-electron chi connectivity index (χ2n) is 5.27. The molecule has 110 valence electrons. The van der Waals surface area contributed by atoms with Gasteiger partial charge in [-0.2, -0.15) is 0 Å². The third-order valence-electron chi connectivity index (χ3n) is 3.34. The molecule has 0 spiro atoms. The van der Waals surface area contributed by atoms with Gasteiger partial charge in [0.15, 0.2) is 5.96 Å². The van der Waals surface area contributed by atoms with E-state index in [1.54, 1.807) is 0 Å². The van der Waals surface area contributed by atoms with Gasteiger partial charge >= 0.3 is 0 Å². The molecule has 1 aliphatic carbocycles. The molecular weight excluding hydrogens is 361 g/mol. The zero-order chi connectivity index (χ0) is 13.7. The molecule has 0 saturated heterocycles. The fraction of sp³-hybridized carbons (Fsp3) is 0.438. The molecule has 0 bridgehead atoms. The number of hydrogen-bond acceptors (Lipinski definition) is 1. The highest BCUT2D eigenvalue weighted by Gasteiger charge is 2.03. The van der Waals surface area contributed by atoms with Crippen LogP contribution in [0.15, 0.2) is 34.8 Å². The molecular formula is C16H24IN3. The van der Waals surface area contributed by atoms with Gasteiger partial charge in [-0.05, 0) is 62.8 Å². The van der Waals surface area contributed by atoms with Crippen molar-refractivity contribution in [1.82, 2.24) is 0 Å². The first-order valence-corrected chi connectivity index (χ1v) is 6.96. The summed E-state index contributed by atoms with van der Waals surface area (Å²) in [6.07, 6.45) is 7.14. The molecule has 0 unspecified atom stereocenters. The molecule has 20 heavy (non-hydrogen) atoms. The smallest absolute Gasteiger partial charge is 0.193 e. The normalized spacial score (nSPS) is 14.7. The topological polar surface area (TPSA) is 50.4 Å². The van der Waals surface area contributed by atoms with Crippen molar-refractivity contribution in [3.63, 3.8) is 0 Å². The number of benzene rings is 1. The first-order chi connectivity index (χ1) is 9.13. The van der Waals surface area contributed by atoms with Gasteiger partial charge in [-0.15, -0.1) is 24.0 Å². The summed E-state index contributed by atoms with van der Waals surface area (Å²) < 4.78 is 0. The summed E-state index contributed by atoms with van der Waals surface area (Å²) in [5.41, 5.74) is 10.9. The molecule has 0 heterocycles. The van der Waals surface area contributed by atoms with Crippen molar-refractivity contribution in [3.8, 4) is 0 Å². The summed E-state index contributed by atoms with van der Waals surface area (Å²) >= 11 is 0. The Hall–Kier alpha value is -1.04. The van der Waals surface area contributed by atoms with Crippen molar-refractivity contribution in [3.05, 3.63) is 41.0 Å². The molecule has 0 fully saturated rings. The van der Waals surface area contributed by atoms with E-state index in [-0.39, 0.29) is 24.0 Å². The maximum absolute atomic E-state index is 5.91. The van der Waals surface area contributed by atoms with Gasteiger partial charge in [0, 0.05) is 12.2 Å². The minimum absolute atomic E-state index is 0. The van der Waals surface area contributed by atoms with Crippen molar-refractivity contribution < 1.29 is 0 Å². The van der Waals surface area contributed by atoms with Crippen LogP contribution in [0.3, 0.4) is 0 Å². The van der Waals surface area contributed by atoms with Crippen LogP contribution in [0.2, 0.25) is 0 Å². The number of guanidine groups is 1. The molecule has 0 saturated carbocycles. The summed E-state index contributed by atoms with van der Waals surface area (Å²) in [4.78, 5) is 4.38. The third-order valence-corrected chi connectivity index (χ3v) is 3.34. The summed E-state index contributed by atoms with van der Waals surface area (Å²) in [6, 6.07) is 6.30. The van der Waals surface area contributed by atoms with Crippen LogP contribution in [0, 0.1) is 13.8 Å². The van der Waals surface area contributed by atoms with E-state index in [1.165, 1.54) is 36.0 Å². The van der Waals surface area contributed by atoms with Gasteiger partial charge in [-0.25, -0.2) is 0 Å². The summed E-state index contributed by atoms with van der Waals surface area (Å²) in [7, 11) is 0. The fourth-order valence-electron chi connectivity index (χ4n) is 2.52. The average molecular weight is 385 g/mol. The molecule has 3 nitrogen and oxygen atoms in total. The number of nitrogens with one attached hydrogen (secondary N) is 1. The van der Waals surface area contributed by atoms with E-state index >= 15 is 0 Å². The zero-order valence-corrected chi connectivity index (χ0v) is 14.6. The predicted molar refractivity (Wildman–Crippen MR) is 98.0 cm³/mol. The highest BCUT2D eigenvalue weighted by atomic mass is 127. The van der Waals surface area contributed by atoms with Crippen molar-refractivity contribution in [2.75, 3.05) is 11.9 Å². The lowest BCUT2D eigenvalue weighted by Crippen LogP contribution is -2.23. The standard InChI is InChI=1S/C16H23N3.HI/c1-12-9-13(2)11-15(10-12)19-16(17)18-8-7-14-5-3-4-6-14;/h5,9-11H,3-4,6-8H2,1-2H3,(H3,17,18,19);1H. The fourth-order valence-corrected chi connectivity index (χ4v) is 2.52. The van der Waals surface area contributed by atoms with E-state index in [1.807, 2.05) is 0 Å². The number of halogens is 1. The van der Waals surface area contributed by atoms with Gasteiger partial charge in [0.1, 0.15) is 0 Å². The molecule has 2 rings (SSSR count).